The summed E-state index contributed by atoms with van der Waals surface area (Å²) in [4.78, 5) is 28.5. The summed E-state index contributed by atoms with van der Waals surface area (Å²) in [6.07, 6.45) is 3.71. The van der Waals surface area contributed by atoms with Gasteiger partial charge < -0.3 is 10.1 Å². The van der Waals surface area contributed by atoms with Crippen LogP contribution in [0, 0.1) is 0 Å². The molecule has 1 unspecified atom stereocenters. The fraction of sp³-hybridized carbons (Fsp3) is 0.250. The molecule has 1 aliphatic rings. The molecule has 0 saturated carbocycles. The smallest absolute Gasteiger partial charge is 0.260 e. The van der Waals surface area contributed by atoms with Crippen LogP contribution in [0.2, 0.25) is 10.0 Å². The van der Waals surface area contributed by atoms with Crippen LogP contribution in [-0.2, 0) is 17.7 Å². The number of aromatic nitrogens is 4. The van der Waals surface area contributed by atoms with Crippen molar-refractivity contribution in [2.45, 2.75) is 38.5 Å². The number of ether oxygens (including phenoxy) is 1. The topological polar surface area (TPSA) is 102 Å². The van der Waals surface area contributed by atoms with Crippen molar-refractivity contribution in [2.75, 3.05) is 16.8 Å². The number of nitrogens with zero attached hydrogens (tertiary/aromatic N) is 5. The largest absolute Gasteiger partial charge is 0.354 e. The zero-order valence-corrected chi connectivity index (χ0v) is 22.7. The first kappa shape index (κ1) is 26.8. The van der Waals surface area contributed by atoms with Gasteiger partial charge in [0.15, 0.2) is 0 Å². The summed E-state index contributed by atoms with van der Waals surface area (Å²) in [5, 5.41) is 15.0. The lowest BCUT2D eigenvalue weighted by Gasteiger charge is -2.40. The van der Waals surface area contributed by atoms with Crippen LogP contribution in [0.1, 0.15) is 46.0 Å². The molecule has 0 saturated heterocycles. The first-order chi connectivity index (χ1) is 18.8. The van der Waals surface area contributed by atoms with Crippen LogP contribution in [0.15, 0.2) is 73.1 Å². The summed E-state index contributed by atoms with van der Waals surface area (Å²) >= 11 is 12.5. The van der Waals surface area contributed by atoms with Crippen molar-refractivity contribution in [1.82, 2.24) is 20.2 Å². The highest BCUT2D eigenvalue weighted by molar-refractivity contribution is 6.34. The van der Waals surface area contributed by atoms with Gasteiger partial charge in [-0.15, -0.1) is 5.10 Å². The number of amides is 2. The maximum Gasteiger partial charge on any atom is 0.260 e. The molecule has 1 N–H and O–H groups in total. The summed E-state index contributed by atoms with van der Waals surface area (Å²) in [6.45, 7) is 2.67. The molecule has 39 heavy (non-hydrogen) atoms. The van der Waals surface area contributed by atoms with Gasteiger partial charge >= 0.3 is 0 Å². The summed E-state index contributed by atoms with van der Waals surface area (Å²) < 4.78 is 7.97. The van der Waals surface area contributed by atoms with E-state index in [1.807, 2.05) is 19.1 Å². The zero-order chi connectivity index (χ0) is 27.4. The second-order valence-corrected chi connectivity index (χ2v) is 10.2. The molecule has 4 aromatic rings. The summed E-state index contributed by atoms with van der Waals surface area (Å²) in [6, 6.07) is 19.1. The van der Waals surface area contributed by atoms with E-state index >= 15 is 0 Å². The molecule has 0 fully saturated rings. The van der Waals surface area contributed by atoms with E-state index in [0.717, 1.165) is 24.1 Å². The van der Waals surface area contributed by atoms with Crippen molar-refractivity contribution < 1.29 is 14.3 Å². The lowest BCUT2D eigenvalue weighted by molar-refractivity contribution is -0.0401. The van der Waals surface area contributed by atoms with Crippen molar-refractivity contribution in [2.24, 2.45) is 0 Å². The molecule has 2 amide bonds. The van der Waals surface area contributed by atoms with Crippen molar-refractivity contribution in [3.05, 3.63) is 99.8 Å². The number of fused-ring (bicyclic) bond motifs is 1. The molecule has 11 heteroatoms. The molecule has 0 bridgehead atoms. The minimum atomic E-state index is -0.929. The minimum Gasteiger partial charge on any atom is -0.354 e. The molecule has 1 atom stereocenters. The Bertz CT molecular complexity index is 1480. The van der Waals surface area contributed by atoms with Gasteiger partial charge in [0.2, 0.25) is 0 Å². The van der Waals surface area contributed by atoms with Gasteiger partial charge in [-0.05, 0) is 96.8 Å². The van der Waals surface area contributed by atoms with Crippen LogP contribution in [0.5, 0.6) is 0 Å². The first-order valence-electron chi connectivity index (χ1n) is 12.5. The van der Waals surface area contributed by atoms with Crippen molar-refractivity contribution in [1.29, 1.82) is 0 Å². The molecule has 1 aliphatic heterocycles. The highest BCUT2D eigenvalue weighted by Gasteiger charge is 2.40. The Labute approximate surface area is 235 Å². The number of carbonyl (C=O) groups excluding carboxylic acids is 2. The van der Waals surface area contributed by atoms with E-state index in [2.05, 4.69) is 20.8 Å². The Morgan fingerprint density at radius 2 is 1.87 bits per heavy atom. The van der Waals surface area contributed by atoms with Gasteiger partial charge in [0.25, 0.3) is 11.8 Å². The number of anilines is 2. The Hall–Kier alpha value is -3.79. The number of hydrogen-bond acceptors (Lipinski definition) is 6. The van der Waals surface area contributed by atoms with Gasteiger partial charge in [0.1, 0.15) is 12.1 Å². The molecule has 2 heterocycles. The SMILES string of the molecule is CC1(OCCn2cnnn2)CCCc2cc(Cl)ccc2N1C(=O)c1ccc(NC(=O)c2ccccc2Cl)cc1. The molecular weight excluding hydrogens is 539 g/mol. The summed E-state index contributed by atoms with van der Waals surface area (Å²) in [5.74, 6) is -0.559. The lowest BCUT2D eigenvalue weighted by Crippen LogP contribution is -2.52. The molecule has 3 aromatic carbocycles. The Kier molecular flexibility index (Phi) is 7.92. The van der Waals surface area contributed by atoms with Crippen LogP contribution in [0.3, 0.4) is 0 Å². The summed E-state index contributed by atoms with van der Waals surface area (Å²) in [5.41, 5.74) is 2.16. The minimum absolute atomic E-state index is 0.227. The lowest BCUT2D eigenvalue weighted by atomic mass is 10.1. The Morgan fingerprint density at radius 3 is 2.62 bits per heavy atom. The molecule has 200 valence electrons. The third-order valence-electron chi connectivity index (χ3n) is 6.68. The van der Waals surface area contributed by atoms with E-state index in [-0.39, 0.29) is 11.8 Å². The number of aryl methyl sites for hydroxylation is 1. The first-order valence-corrected chi connectivity index (χ1v) is 13.2. The van der Waals surface area contributed by atoms with E-state index in [9.17, 15) is 9.59 Å². The predicted octanol–water partition coefficient (Wildman–Crippen LogP) is 5.65. The standard InChI is InChI=1S/C28H26Cl2N6O3/c1-28(39-16-15-35-18-31-33-34-35)14-4-5-20-17-21(29)10-13-25(20)36(28)27(38)19-8-11-22(12-9-19)32-26(37)23-6-2-3-7-24(23)30/h2-3,6-13,17-18H,4-5,14-16H2,1H3,(H,32,37). The third-order valence-corrected chi connectivity index (χ3v) is 7.24. The molecule has 9 nitrogen and oxygen atoms in total. The Morgan fingerprint density at radius 1 is 1.08 bits per heavy atom. The van der Waals surface area contributed by atoms with E-state index in [1.165, 1.54) is 6.33 Å². The fourth-order valence-electron chi connectivity index (χ4n) is 4.72. The zero-order valence-electron chi connectivity index (χ0n) is 21.2. The highest BCUT2D eigenvalue weighted by atomic mass is 35.5. The fourth-order valence-corrected chi connectivity index (χ4v) is 5.13. The normalized spacial score (nSPS) is 16.8. The molecular formula is C28H26Cl2N6O3. The number of halogens is 2. The summed E-state index contributed by atoms with van der Waals surface area (Å²) in [7, 11) is 0. The van der Waals surface area contributed by atoms with Crippen LogP contribution >= 0.6 is 23.2 Å². The molecule has 0 spiro atoms. The number of nitrogens with one attached hydrogen (secondary N) is 1. The third kappa shape index (κ3) is 5.95. The number of hydrogen-bond donors (Lipinski definition) is 1. The van der Waals surface area contributed by atoms with Crippen LogP contribution < -0.4 is 10.2 Å². The predicted molar refractivity (Wildman–Crippen MR) is 149 cm³/mol. The van der Waals surface area contributed by atoms with Gasteiger partial charge in [0, 0.05) is 16.3 Å². The van der Waals surface area contributed by atoms with Gasteiger partial charge in [-0.1, -0.05) is 35.3 Å². The molecule has 5 rings (SSSR count). The van der Waals surface area contributed by atoms with Crippen molar-refractivity contribution in [3.8, 4) is 0 Å². The maximum absolute atomic E-state index is 14.1. The second-order valence-electron chi connectivity index (χ2n) is 9.37. The van der Waals surface area contributed by atoms with E-state index in [0.29, 0.717) is 46.4 Å². The number of carbonyl (C=O) groups is 2. The van der Waals surface area contributed by atoms with E-state index in [4.69, 9.17) is 27.9 Å². The maximum atomic E-state index is 14.1. The monoisotopic (exact) mass is 564 g/mol. The van der Waals surface area contributed by atoms with Gasteiger partial charge in [-0.25, -0.2) is 4.68 Å². The number of rotatable bonds is 7. The second kappa shape index (κ2) is 11.5. The van der Waals surface area contributed by atoms with Crippen LogP contribution in [0.25, 0.3) is 0 Å². The van der Waals surface area contributed by atoms with E-state index < -0.39 is 5.72 Å². The number of benzene rings is 3. The van der Waals surface area contributed by atoms with Crippen molar-refractivity contribution >= 4 is 46.4 Å². The van der Waals surface area contributed by atoms with Gasteiger partial charge in [-0.3, -0.25) is 14.5 Å². The van der Waals surface area contributed by atoms with Crippen LogP contribution in [-0.4, -0.2) is 44.4 Å². The highest BCUT2D eigenvalue weighted by Crippen LogP contribution is 2.39. The molecule has 1 aromatic heterocycles. The van der Waals surface area contributed by atoms with Gasteiger partial charge in [-0.2, -0.15) is 0 Å². The average molecular weight is 565 g/mol. The average Bonchev–Trinajstić information content (AvgIpc) is 3.39. The van der Waals surface area contributed by atoms with Crippen molar-refractivity contribution in [3.63, 3.8) is 0 Å². The quantitative estimate of drug-likeness (QED) is 0.311. The number of tetrazole rings is 1. The van der Waals surface area contributed by atoms with E-state index in [1.54, 1.807) is 64.2 Å². The molecule has 0 radical (unpaired) electrons. The molecule has 0 aliphatic carbocycles. The Balaban J connectivity index is 1.40. The van der Waals surface area contributed by atoms with Crippen LogP contribution in [0.4, 0.5) is 11.4 Å². The van der Waals surface area contributed by atoms with Gasteiger partial charge in [0.05, 0.1) is 29.4 Å².